The van der Waals surface area contributed by atoms with Crippen molar-refractivity contribution < 1.29 is 14.6 Å². The lowest BCUT2D eigenvalue weighted by molar-refractivity contribution is -0.131. The van der Waals surface area contributed by atoms with Crippen LogP contribution in [0.2, 0.25) is 0 Å². The molecular weight excluding hydrogens is 182 g/mol. The Hall–Kier alpha value is -1.84. The predicted molar refractivity (Wildman–Crippen MR) is 52.2 cm³/mol. The Morgan fingerprint density at radius 2 is 2.36 bits per heavy atom. The molecule has 1 rings (SSSR count). The number of hydrogen-bond donors (Lipinski definition) is 1. The smallest absolute Gasteiger partial charge is 0.328 e. The van der Waals surface area contributed by atoms with Gasteiger partial charge in [0, 0.05) is 11.8 Å². The van der Waals surface area contributed by atoms with Gasteiger partial charge in [0.25, 0.3) is 0 Å². The molecule has 0 aliphatic heterocycles. The van der Waals surface area contributed by atoms with E-state index < -0.39 is 5.97 Å². The van der Waals surface area contributed by atoms with E-state index in [0.717, 1.165) is 17.3 Å². The molecule has 4 heteroatoms. The van der Waals surface area contributed by atoms with Crippen molar-refractivity contribution in [1.82, 2.24) is 4.98 Å². The molecule has 1 aromatic heterocycles. The van der Waals surface area contributed by atoms with Gasteiger partial charge in [-0.15, -0.1) is 0 Å². The van der Waals surface area contributed by atoms with Gasteiger partial charge >= 0.3 is 5.97 Å². The maximum atomic E-state index is 10.3. The van der Waals surface area contributed by atoms with Gasteiger partial charge in [0.2, 0.25) is 0 Å². The lowest BCUT2D eigenvalue weighted by Gasteiger charge is -2.02. The molecule has 0 amide bonds. The third-order valence-electron chi connectivity index (χ3n) is 1.74. The highest BCUT2D eigenvalue weighted by Crippen LogP contribution is 2.15. The number of ether oxygens (including phenoxy) is 1. The number of aryl methyl sites for hydroxylation is 1. The average molecular weight is 193 g/mol. The second kappa shape index (κ2) is 4.41. The largest absolute Gasteiger partial charge is 0.495 e. The fourth-order valence-corrected chi connectivity index (χ4v) is 0.971. The van der Waals surface area contributed by atoms with Crippen molar-refractivity contribution in [3.05, 3.63) is 29.6 Å². The second-order valence-corrected chi connectivity index (χ2v) is 2.72. The van der Waals surface area contributed by atoms with E-state index in [4.69, 9.17) is 9.84 Å². The number of carbonyl (C=O) groups is 1. The normalized spacial score (nSPS) is 10.4. The zero-order valence-electron chi connectivity index (χ0n) is 8.02. The zero-order chi connectivity index (χ0) is 10.6. The zero-order valence-corrected chi connectivity index (χ0v) is 8.02. The highest BCUT2D eigenvalue weighted by Gasteiger charge is 1.99. The first-order valence-corrected chi connectivity index (χ1v) is 4.05. The molecule has 0 radical (unpaired) electrons. The van der Waals surface area contributed by atoms with Gasteiger partial charge < -0.3 is 9.84 Å². The molecule has 14 heavy (non-hydrogen) atoms. The van der Waals surface area contributed by atoms with Crippen molar-refractivity contribution >= 4 is 12.0 Å². The standard InChI is InChI=1S/C10H11NO3/c1-7-8(3-4-10(12)13)5-9(14-2)6-11-7/h3-6H,1-2H3,(H,12,13)/b4-3+. The minimum absolute atomic E-state index is 0.612. The highest BCUT2D eigenvalue weighted by atomic mass is 16.5. The molecule has 0 saturated heterocycles. The topological polar surface area (TPSA) is 59.4 Å². The van der Waals surface area contributed by atoms with Crippen LogP contribution >= 0.6 is 0 Å². The first kappa shape index (κ1) is 10.2. The molecular formula is C10H11NO3. The Labute approximate surface area is 81.9 Å². The summed E-state index contributed by atoms with van der Waals surface area (Å²) in [5.74, 6) is -0.368. The molecule has 1 aromatic rings. The van der Waals surface area contributed by atoms with Crippen LogP contribution in [0.1, 0.15) is 11.3 Å². The number of nitrogens with zero attached hydrogens (tertiary/aromatic N) is 1. The van der Waals surface area contributed by atoms with Crippen LogP contribution < -0.4 is 4.74 Å². The number of pyridine rings is 1. The van der Waals surface area contributed by atoms with Crippen LogP contribution in [-0.2, 0) is 4.79 Å². The molecule has 0 atom stereocenters. The molecule has 1 heterocycles. The van der Waals surface area contributed by atoms with Crippen LogP contribution in [0, 0.1) is 6.92 Å². The Kier molecular flexibility index (Phi) is 3.23. The summed E-state index contributed by atoms with van der Waals surface area (Å²) in [6, 6.07) is 1.74. The van der Waals surface area contributed by atoms with E-state index in [-0.39, 0.29) is 0 Å². The van der Waals surface area contributed by atoms with E-state index >= 15 is 0 Å². The predicted octanol–water partition coefficient (Wildman–Crippen LogP) is 1.50. The van der Waals surface area contributed by atoms with Crippen LogP contribution in [0.25, 0.3) is 6.08 Å². The van der Waals surface area contributed by atoms with Gasteiger partial charge in [0.05, 0.1) is 13.3 Å². The van der Waals surface area contributed by atoms with Gasteiger partial charge in [-0.1, -0.05) is 0 Å². The van der Waals surface area contributed by atoms with Gasteiger partial charge in [0.1, 0.15) is 5.75 Å². The van der Waals surface area contributed by atoms with Crippen molar-refractivity contribution in [1.29, 1.82) is 0 Å². The molecule has 1 N–H and O–H groups in total. The van der Waals surface area contributed by atoms with Crippen LogP contribution in [0.15, 0.2) is 18.3 Å². The van der Waals surface area contributed by atoms with E-state index in [1.807, 2.05) is 0 Å². The SMILES string of the molecule is COc1cnc(C)c(/C=C/C(=O)O)c1. The molecule has 0 aliphatic rings. The number of rotatable bonds is 3. The quantitative estimate of drug-likeness (QED) is 0.739. The number of methoxy groups -OCH3 is 1. The maximum Gasteiger partial charge on any atom is 0.328 e. The summed E-state index contributed by atoms with van der Waals surface area (Å²) in [6.07, 6.45) is 4.16. The van der Waals surface area contributed by atoms with Crippen LogP contribution in [0.3, 0.4) is 0 Å². The Balaban J connectivity index is 3.00. The molecule has 0 fully saturated rings. The number of hydrogen-bond acceptors (Lipinski definition) is 3. The van der Waals surface area contributed by atoms with Gasteiger partial charge in [-0.3, -0.25) is 4.98 Å². The lowest BCUT2D eigenvalue weighted by Crippen LogP contribution is -1.91. The van der Waals surface area contributed by atoms with Crippen molar-refractivity contribution in [2.45, 2.75) is 6.92 Å². The Morgan fingerprint density at radius 1 is 1.64 bits per heavy atom. The third kappa shape index (κ3) is 2.58. The summed E-state index contributed by atoms with van der Waals surface area (Å²) in [5, 5.41) is 8.45. The van der Waals surface area contributed by atoms with Gasteiger partial charge in [-0.2, -0.15) is 0 Å². The maximum absolute atomic E-state index is 10.3. The first-order chi connectivity index (χ1) is 6.63. The summed E-state index contributed by atoms with van der Waals surface area (Å²) in [7, 11) is 1.54. The Bertz CT molecular complexity index is 372. The summed E-state index contributed by atoms with van der Waals surface area (Å²) in [5.41, 5.74) is 1.51. The third-order valence-corrected chi connectivity index (χ3v) is 1.74. The molecule has 0 bridgehead atoms. The molecule has 0 unspecified atom stereocenters. The van der Waals surface area contributed by atoms with Gasteiger partial charge in [0.15, 0.2) is 0 Å². The summed E-state index contributed by atoms with van der Waals surface area (Å²) >= 11 is 0. The molecule has 0 spiro atoms. The lowest BCUT2D eigenvalue weighted by atomic mass is 10.2. The second-order valence-electron chi connectivity index (χ2n) is 2.72. The van der Waals surface area contributed by atoms with E-state index in [2.05, 4.69) is 4.98 Å². The molecule has 0 saturated carbocycles. The molecule has 0 aliphatic carbocycles. The van der Waals surface area contributed by atoms with Gasteiger partial charge in [-0.05, 0) is 24.6 Å². The van der Waals surface area contributed by atoms with E-state index in [0.29, 0.717) is 5.75 Å². The van der Waals surface area contributed by atoms with Crippen LogP contribution in [-0.4, -0.2) is 23.2 Å². The van der Waals surface area contributed by atoms with Gasteiger partial charge in [-0.25, -0.2) is 4.79 Å². The summed E-state index contributed by atoms with van der Waals surface area (Å²) in [4.78, 5) is 14.4. The number of carboxylic acids is 1. The average Bonchev–Trinajstić information content (AvgIpc) is 2.16. The van der Waals surface area contributed by atoms with Crippen molar-refractivity contribution in [2.24, 2.45) is 0 Å². The first-order valence-electron chi connectivity index (χ1n) is 4.05. The van der Waals surface area contributed by atoms with E-state index in [1.54, 1.807) is 19.2 Å². The fraction of sp³-hybridized carbons (Fsp3) is 0.200. The molecule has 4 nitrogen and oxygen atoms in total. The monoisotopic (exact) mass is 193 g/mol. The van der Waals surface area contributed by atoms with Crippen molar-refractivity contribution in [2.75, 3.05) is 7.11 Å². The minimum Gasteiger partial charge on any atom is -0.495 e. The minimum atomic E-state index is -0.979. The number of aromatic nitrogens is 1. The van der Waals surface area contributed by atoms with Crippen molar-refractivity contribution in [3.8, 4) is 5.75 Å². The van der Waals surface area contributed by atoms with E-state index in [1.165, 1.54) is 13.2 Å². The van der Waals surface area contributed by atoms with Crippen molar-refractivity contribution in [3.63, 3.8) is 0 Å². The van der Waals surface area contributed by atoms with E-state index in [9.17, 15) is 4.79 Å². The number of carboxylic acid groups (broad SMARTS) is 1. The summed E-state index contributed by atoms with van der Waals surface area (Å²) < 4.78 is 4.97. The fourth-order valence-electron chi connectivity index (χ4n) is 0.971. The Morgan fingerprint density at radius 3 is 2.93 bits per heavy atom. The molecule has 74 valence electrons. The number of aliphatic carboxylic acids is 1. The highest BCUT2D eigenvalue weighted by molar-refractivity contribution is 5.85. The van der Waals surface area contributed by atoms with Crippen LogP contribution in [0.5, 0.6) is 5.75 Å². The molecule has 0 aromatic carbocycles. The summed E-state index contributed by atoms with van der Waals surface area (Å²) in [6.45, 7) is 1.81. The van der Waals surface area contributed by atoms with Crippen LogP contribution in [0.4, 0.5) is 0 Å².